The number of hydrogen-bond acceptors (Lipinski definition) is 7. The van der Waals surface area contributed by atoms with E-state index in [9.17, 15) is 24.2 Å². The van der Waals surface area contributed by atoms with E-state index in [4.69, 9.17) is 13.8 Å². The molecule has 0 aromatic heterocycles. The highest BCUT2D eigenvalue weighted by molar-refractivity contribution is 7.47. The average molecular weight is 954 g/mol. The number of carbonyl (C=O) groups is 2. The van der Waals surface area contributed by atoms with Crippen LogP contribution in [0.1, 0.15) is 206 Å². The summed E-state index contributed by atoms with van der Waals surface area (Å²) >= 11 is 0. The van der Waals surface area contributed by atoms with Crippen LogP contribution in [-0.2, 0) is 27.9 Å². The third-order valence-electron chi connectivity index (χ3n) is 10.7. The summed E-state index contributed by atoms with van der Waals surface area (Å²) in [5, 5.41) is 12.8. The van der Waals surface area contributed by atoms with E-state index in [1.54, 1.807) is 0 Å². The molecule has 0 aliphatic rings. The summed E-state index contributed by atoms with van der Waals surface area (Å²) in [6, 6.07) is 0. The van der Waals surface area contributed by atoms with Gasteiger partial charge in [0.2, 0.25) is 5.91 Å². The number of esters is 1. The van der Waals surface area contributed by atoms with E-state index in [-0.39, 0.29) is 32.1 Å². The van der Waals surface area contributed by atoms with Gasteiger partial charge in [-0.05, 0) is 103 Å². The molecule has 1 amide bonds. The molecule has 67 heavy (non-hydrogen) atoms. The topological polar surface area (TPSA) is 131 Å². The maximum atomic E-state index is 12.2. The number of carbonyl (C=O) groups excluding carboxylic acids is 2. The lowest BCUT2D eigenvalue weighted by Gasteiger charge is -2.15. The van der Waals surface area contributed by atoms with Crippen molar-refractivity contribution < 1.29 is 37.9 Å². The lowest BCUT2D eigenvalue weighted by Crippen LogP contribution is -2.27. The first-order chi connectivity index (χ1) is 32.8. The molecule has 3 N–H and O–H groups in total. The quantitative estimate of drug-likeness (QED) is 0.0238. The molecular weight excluding hydrogens is 858 g/mol. The minimum Gasteiger partial charge on any atom is -0.463 e. The monoisotopic (exact) mass is 954 g/mol. The molecule has 9 nitrogen and oxygen atoms in total. The average Bonchev–Trinajstić information content (AvgIpc) is 3.32. The predicted molar refractivity (Wildman–Crippen MR) is 284 cm³/mol. The largest absolute Gasteiger partial charge is 0.472 e. The van der Waals surface area contributed by atoms with Gasteiger partial charge in [-0.3, -0.25) is 18.6 Å². The first kappa shape index (κ1) is 63.7. The van der Waals surface area contributed by atoms with Crippen LogP contribution in [0.5, 0.6) is 0 Å². The zero-order valence-corrected chi connectivity index (χ0v) is 43.2. The van der Waals surface area contributed by atoms with Crippen LogP contribution in [0.4, 0.5) is 0 Å². The summed E-state index contributed by atoms with van der Waals surface area (Å²) in [4.78, 5) is 34.1. The molecule has 0 spiro atoms. The van der Waals surface area contributed by atoms with Crippen molar-refractivity contribution in [2.24, 2.45) is 0 Å². The Morgan fingerprint density at radius 1 is 0.478 bits per heavy atom. The minimum absolute atomic E-state index is 0.0699. The number of rotatable bonds is 48. The van der Waals surface area contributed by atoms with Gasteiger partial charge in [0, 0.05) is 19.4 Å². The van der Waals surface area contributed by atoms with Gasteiger partial charge in [0.1, 0.15) is 12.7 Å². The Morgan fingerprint density at radius 3 is 1.28 bits per heavy atom. The molecule has 0 fully saturated rings. The number of aliphatic hydroxyl groups is 1. The van der Waals surface area contributed by atoms with Crippen molar-refractivity contribution >= 4 is 19.7 Å². The molecule has 0 aromatic rings. The fourth-order valence-electron chi connectivity index (χ4n) is 6.74. The predicted octanol–water partition coefficient (Wildman–Crippen LogP) is 15.9. The van der Waals surface area contributed by atoms with Gasteiger partial charge in [0.25, 0.3) is 0 Å². The Bertz CT molecular complexity index is 1460. The Kier molecular flexibility index (Phi) is 49.5. The van der Waals surface area contributed by atoms with Crippen LogP contribution in [0, 0.1) is 0 Å². The fraction of sp³-hybridized carbons (Fsp3) is 0.649. The molecule has 0 heterocycles. The number of unbranched alkanes of at least 4 members (excludes halogenated alkanes) is 17. The normalized spacial score (nSPS) is 14.0. The third-order valence-corrected chi connectivity index (χ3v) is 11.7. The summed E-state index contributed by atoms with van der Waals surface area (Å²) in [5.41, 5.74) is 0. The first-order valence-electron chi connectivity index (χ1n) is 26.4. The van der Waals surface area contributed by atoms with Gasteiger partial charge >= 0.3 is 13.8 Å². The number of phosphoric acid groups is 1. The second kappa shape index (κ2) is 52.0. The molecular formula is C57H96NO8P. The Balaban J connectivity index is 3.64. The van der Waals surface area contributed by atoms with Crippen LogP contribution in [-0.4, -0.2) is 54.3 Å². The molecule has 0 bridgehead atoms. The van der Waals surface area contributed by atoms with Gasteiger partial charge in [-0.1, -0.05) is 200 Å². The molecule has 0 rings (SSSR count). The summed E-state index contributed by atoms with van der Waals surface area (Å²) in [6.07, 6.45) is 70.2. The molecule has 0 saturated carbocycles. The van der Waals surface area contributed by atoms with Crippen LogP contribution >= 0.6 is 7.82 Å². The van der Waals surface area contributed by atoms with E-state index < -0.39 is 26.5 Å². The summed E-state index contributed by atoms with van der Waals surface area (Å²) in [7, 11) is -4.44. The molecule has 2 atom stereocenters. The second-order valence-electron chi connectivity index (χ2n) is 17.1. The highest BCUT2D eigenvalue weighted by Gasteiger charge is 2.23. The van der Waals surface area contributed by atoms with E-state index in [1.807, 2.05) is 0 Å². The molecule has 382 valence electrons. The van der Waals surface area contributed by atoms with E-state index >= 15 is 0 Å². The van der Waals surface area contributed by atoms with Crippen molar-refractivity contribution in [3.05, 3.63) is 109 Å². The summed E-state index contributed by atoms with van der Waals surface area (Å²) in [6.45, 7) is 3.38. The van der Waals surface area contributed by atoms with Gasteiger partial charge in [-0.15, -0.1) is 0 Å². The van der Waals surface area contributed by atoms with Crippen molar-refractivity contribution in [3.8, 4) is 0 Å². The number of ether oxygens (including phenoxy) is 1. The third kappa shape index (κ3) is 53.5. The van der Waals surface area contributed by atoms with Crippen molar-refractivity contribution in [1.29, 1.82) is 0 Å². The smallest absolute Gasteiger partial charge is 0.463 e. The molecule has 2 unspecified atom stereocenters. The molecule has 10 heteroatoms. The van der Waals surface area contributed by atoms with Crippen molar-refractivity contribution in [3.63, 3.8) is 0 Å². The maximum absolute atomic E-state index is 12.2. The Hall–Kier alpha value is -3.33. The number of phosphoric ester groups is 1. The van der Waals surface area contributed by atoms with Gasteiger partial charge < -0.3 is 20.1 Å². The zero-order chi connectivity index (χ0) is 48.8. The van der Waals surface area contributed by atoms with Gasteiger partial charge in [-0.2, -0.15) is 0 Å². The Labute approximate surface area is 409 Å². The lowest BCUT2D eigenvalue weighted by molar-refractivity contribution is -0.147. The highest BCUT2D eigenvalue weighted by atomic mass is 31.2. The first-order valence-corrected chi connectivity index (χ1v) is 27.9. The van der Waals surface area contributed by atoms with E-state index in [1.165, 1.54) is 77.0 Å². The van der Waals surface area contributed by atoms with Gasteiger partial charge in [0.05, 0.1) is 13.2 Å². The lowest BCUT2D eigenvalue weighted by atomic mass is 10.0. The minimum atomic E-state index is -4.44. The van der Waals surface area contributed by atoms with Crippen molar-refractivity contribution in [1.82, 2.24) is 5.32 Å². The van der Waals surface area contributed by atoms with Crippen molar-refractivity contribution in [2.45, 2.75) is 213 Å². The standard InChI is InChI=1S/C57H96NO8P/c1-3-5-7-9-11-13-15-17-19-21-23-25-27-29-31-33-35-37-39-41-43-45-47-49-56(60)58-51-52-65-67(62,63)66-54-55(59)53-64-57(61)50-48-46-44-42-40-38-36-34-32-30-28-26-24-22-20-18-16-14-12-10-8-6-4-2/h6,8,11-14,17-20,23-26,30,32,36,38,55,59H,3-5,7,9-10,15-16,21-22,27-29,31,33-35,37,39-54H2,1-2H3,(H,58,60)(H,62,63)/b8-6-,13-11-,14-12-,19-17-,20-18-,25-23-,26-24-,32-30-,38-36-. The Morgan fingerprint density at radius 2 is 0.851 bits per heavy atom. The number of hydrogen-bond donors (Lipinski definition) is 3. The molecule has 0 saturated heterocycles. The second-order valence-corrected chi connectivity index (χ2v) is 18.6. The number of nitrogens with one attached hydrogen (secondary N) is 1. The SMILES string of the molecule is CC/C=C\C/C=C\C/C=C\C/C=C\C/C=C\C/C=C\CCCCCCC(=O)OCC(O)COP(=O)(O)OCCNC(=O)CCCCCCCCCCCC/C=C\C/C=C\C/C=C\CCCCC. The zero-order valence-electron chi connectivity index (χ0n) is 42.3. The highest BCUT2D eigenvalue weighted by Crippen LogP contribution is 2.42. The fourth-order valence-corrected chi connectivity index (χ4v) is 7.50. The van der Waals surface area contributed by atoms with Crippen molar-refractivity contribution in [2.75, 3.05) is 26.4 Å². The van der Waals surface area contributed by atoms with E-state index in [0.29, 0.717) is 12.8 Å². The van der Waals surface area contributed by atoms with Crippen LogP contribution in [0.25, 0.3) is 0 Å². The number of aliphatic hydroxyl groups excluding tert-OH is 1. The van der Waals surface area contributed by atoms with Gasteiger partial charge in [-0.25, -0.2) is 4.57 Å². The van der Waals surface area contributed by atoms with E-state index in [0.717, 1.165) is 96.3 Å². The number of allylic oxidation sites excluding steroid dienone is 18. The maximum Gasteiger partial charge on any atom is 0.472 e. The molecule has 0 aliphatic heterocycles. The molecule has 0 aromatic carbocycles. The molecule has 0 radical (unpaired) electrons. The van der Waals surface area contributed by atoms with Crippen LogP contribution in [0.2, 0.25) is 0 Å². The number of amides is 1. The van der Waals surface area contributed by atoms with Crippen LogP contribution in [0.3, 0.4) is 0 Å². The molecule has 0 aliphatic carbocycles. The van der Waals surface area contributed by atoms with Crippen LogP contribution in [0.15, 0.2) is 109 Å². The van der Waals surface area contributed by atoms with Gasteiger partial charge in [0.15, 0.2) is 0 Å². The summed E-state index contributed by atoms with van der Waals surface area (Å²) < 4.78 is 27.0. The van der Waals surface area contributed by atoms with E-state index in [2.05, 4.69) is 129 Å². The van der Waals surface area contributed by atoms with Crippen LogP contribution < -0.4 is 5.32 Å². The summed E-state index contributed by atoms with van der Waals surface area (Å²) in [5.74, 6) is -0.551.